The minimum absolute atomic E-state index is 0.0225. The van der Waals surface area contributed by atoms with Crippen molar-refractivity contribution in [2.24, 2.45) is 5.92 Å². The molecule has 5 heteroatoms. The molecule has 1 N–H and O–H groups in total. The molecule has 1 heterocycles. The van der Waals surface area contributed by atoms with Crippen LogP contribution in [-0.4, -0.2) is 33.3 Å². The first-order valence-corrected chi connectivity index (χ1v) is 8.41. The molecular formula is C20H23NO4. The third kappa shape index (κ3) is 4.05. The van der Waals surface area contributed by atoms with Gasteiger partial charge in [-0.2, -0.15) is 0 Å². The van der Waals surface area contributed by atoms with E-state index in [0.717, 1.165) is 35.7 Å². The third-order valence-corrected chi connectivity index (χ3v) is 4.37. The van der Waals surface area contributed by atoms with Crippen LogP contribution in [0.3, 0.4) is 0 Å². The molecule has 25 heavy (non-hydrogen) atoms. The highest BCUT2D eigenvalue weighted by Gasteiger charge is 2.23. The Balaban J connectivity index is 1.70. The number of para-hydroxylation sites is 2. The second kappa shape index (κ2) is 7.92. The topological polar surface area (TPSA) is 56.8 Å². The molecule has 1 atom stereocenters. The summed E-state index contributed by atoms with van der Waals surface area (Å²) >= 11 is 0. The summed E-state index contributed by atoms with van der Waals surface area (Å²) in [5.41, 5.74) is 2.26. The Labute approximate surface area is 147 Å². The van der Waals surface area contributed by atoms with Gasteiger partial charge in [-0.05, 0) is 36.1 Å². The van der Waals surface area contributed by atoms with Crippen molar-refractivity contribution >= 4 is 5.91 Å². The van der Waals surface area contributed by atoms with Crippen molar-refractivity contribution in [3.8, 4) is 17.2 Å². The molecule has 0 unspecified atom stereocenters. The minimum atomic E-state index is -0.142. The number of benzene rings is 2. The molecule has 132 valence electrons. The van der Waals surface area contributed by atoms with Gasteiger partial charge in [-0.3, -0.25) is 4.79 Å². The molecule has 0 spiro atoms. The number of amides is 1. The van der Waals surface area contributed by atoms with E-state index in [4.69, 9.17) is 14.2 Å². The summed E-state index contributed by atoms with van der Waals surface area (Å²) in [6.07, 6.45) is 1.76. The first-order valence-electron chi connectivity index (χ1n) is 8.41. The fraction of sp³-hybridized carbons (Fsp3) is 0.350. The molecule has 3 rings (SSSR count). The third-order valence-electron chi connectivity index (χ3n) is 4.37. The van der Waals surface area contributed by atoms with Crippen LogP contribution < -0.4 is 19.5 Å². The SMILES string of the molecule is CNC(=O)COc1ccccc1C[C@@H]1COc2c(cccc2OC)C1. The van der Waals surface area contributed by atoms with Gasteiger partial charge in [0.2, 0.25) is 0 Å². The Kier molecular flexibility index (Phi) is 5.43. The van der Waals surface area contributed by atoms with E-state index in [-0.39, 0.29) is 12.5 Å². The van der Waals surface area contributed by atoms with E-state index in [1.807, 2.05) is 36.4 Å². The summed E-state index contributed by atoms with van der Waals surface area (Å²) in [5.74, 6) is 2.60. The molecule has 0 saturated heterocycles. The van der Waals surface area contributed by atoms with Crippen molar-refractivity contribution in [3.63, 3.8) is 0 Å². The van der Waals surface area contributed by atoms with Crippen LogP contribution in [0.4, 0.5) is 0 Å². The fourth-order valence-corrected chi connectivity index (χ4v) is 3.09. The maximum atomic E-state index is 11.4. The molecule has 2 aromatic carbocycles. The molecule has 0 bridgehead atoms. The van der Waals surface area contributed by atoms with Gasteiger partial charge in [-0.1, -0.05) is 30.3 Å². The van der Waals surface area contributed by atoms with Crippen LogP contribution in [0.5, 0.6) is 17.2 Å². The molecule has 2 aromatic rings. The fourth-order valence-electron chi connectivity index (χ4n) is 3.09. The summed E-state index contributed by atoms with van der Waals surface area (Å²) in [6, 6.07) is 13.8. The molecule has 1 aliphatic rings. The number of fused-ring (bicyclic) bond motifs is 1. The van der Waals surface area contributed by atoms with Crippen LogP contribution in [-0.2, 0) is 17.6 Å². The van der Waals surface area contributed by atoms with Crippen LogP contribution in [0.25, 0.3) is 0 Å². The minimum Gasteiger partial charge on any atom is -0.493 e. The summed E-state index contributed by atoms with van der Waals surface area (Å²) in [4.78, 5) is 11.4. The van der Waals surface area contributed by atoms with Crippen LogP contribution in [0.15, 0.2) is 42.5 Å². The summed E-state index contributed by atoms with van der Waals surface area (Å²) in [5, 5.41) is 2.56. The molecule has 0 saturated carbocycles. The molecular weight excluding hydrogens is 318 g/mol. The van der Waals surface area contributed by atoms with Crippen molar-refractivity contribution < 1.29 is 19.0 Å². The number of ether oxygens (including phenoxy) is 3. The lowest BCUT2D eigenvalue weighted by Gasteiger charge is -2.27. The average Bonchev–Trinajstić information content (AvgIpc) is 2.66. The Hall–Kier alpha value is -2.69. The number of rotatable bonds is 6. The number of hydrogen-bond acceptors (Lipinski definition) is 4. The zero-order valence-electron chi connectivity index (χ0n) is 14.6. The molecule has 1 amide bonds. The quantitative estimate of drug-likeness (QED) is 0.877. The van der Waals surface area contributed by atoms with Crippen molar-refractivity contribution in [1.29, 1.82) is 0 Å². The molecule has 5 nitrogen and oxygen atoms in total. The van der Waals surface area contributed by atoms with Crippen LogP contribution in [0, 0.1) is 5.92 Å². The standard InChI is InChI=1S/C20H23NO4/c1-21-19(22)13-24-17-8-4-3-6-15(17)10-14-11-16-7-5-9-18(23-2)20(16)25-12-14/h3-9,14H,10-13H2,1-2H3,(H,21,22)/t14-/m0/s1. The van der Waals surface area contributed by atoms with Crippen molar-refractivity contribution in [1.82, 2.24) is 5.32 Å². The summed E-state index contributed by atoms with van der Waals surface area (Å²) < 4.78 is 17.0. The largest absolute Gasteiger partial charge is 0.493 e. The van der Waals surface area contributed by atoms with Gasteiger partial charge in [-0.25, -0.2) is 0 Å². The zero-order chi connectivity index (χ0) is 17.6. The predicted molar refractivity (Wildman–Crippen MR) is 95.4 cm³/mol. The number of carbonyl (C=O) groups excluding carboxylic acids is 1. The highest BCUT2D eigenvalue weighted by molar-refractivity contribution is 5.77. The Morgan fingerprint density at radius 2 is 2.00 bits per heavy atom. The number of likely N-dealkylation sites (N-methyl/N-ethyl adjacent to an activating group) is 1. The molecule has 0 fully saturated rings. The van der Waals surface area contributed by atoms with Gasteiger partial charge in [0.1, 0.15) is 5.75 Å². The van der Waals surface area contributed by atoms with Gasteiger partial charge in [0.05, 0.1) is 13.7 Å². The van der Waals surface area contributed by atoms with E-state index in [1.54, 1.807) is 14.2 Å². The highest BCUT2D eigenvalue weighted by Crippen LogP contribution is 2.37. The van der Waals surface area contributed by atoms with Gasteiger partial charge in [0.15, 0.2) is 18.1 Å². The monoisotopic (exact) mass is 341 g/mol. The van der Waals surface area contributed by atoms with Crippen LogP contribution >= 0.6 is 0 Å². The lowest BCUT2D eigenvalue weighted by atomic mass is 9.90. The van der Waals surface area contributed by atoms with E-state index in [0.29, 0.717) is 12.5 Å². The number of nitrogens with one attached hydrogen (secondary N) is 1. The predicted octanol–water partition coefficient (Wildman–Crippen LogP) is 2.61. The molecule has 0 radical (unpaired) electrons. The van der Waals surface area contributed by atoms with Crippen LogP contribution in [0.2, 0.25) is 0 Å². The number of hydrogen-bond donors (Lipinski definition) is 1. The lowest BCUT2D eigenvalue weighted by Crippen LogP contribution is -2.26. The van der Waals surface area contributed by atoms with Gasteiger partial charge in [-0.15, -0.1) is 0 Å². The van der Waals surface area contributed by atoms with Crippen LogP contribution in [0.1, 0.15) is 11.1 Å². The molecule has 1 aliphatic heterocycles. The van der Waals surface area contributed by atoms with E-state index in [1.165, 1.54) is 5.56 Å². The first-order chi connectivity index (χ1) is 12.2. The van der Waals surface area contributed by atoms with Gasteiger partial charge in [0.25, 0.3) is 5.91 Å². The smallest absolute Gasteiger partial charge is 0.257 e. The molecule has 0 aliphatic carbocycles. The lowest BCUT2D eigenvalue weighted by molar-refractivity contribution is -0.122. The van der Waals surface area contributed by atoms with Crippen molar-refractivity contribution in [3.05, 3.63) is 53.6 Å². The van der Waals surface area contributed by atoms with E-state index < -0.39 is 0 Å². The first kappa shape index (κ1) is 17.1. The summed E-state index contributed by atoms with van der Waals surface area (Å²) in [6.45, 7) is 0.659. The highest BCUT2D eigenvalue weighted by atomic mass is 16.5. The summed E-state index contributed by atoms with van der Waals surface area (Å²) in [7, 11) is 3.26. The van der Waals surface area contributed by atoms with Gasteiger partial charge >= 0.3 is 0 Å². The maximum Gasteiger partial charge on any atom is 0.257 e. The van der Waals surface area contributed by atoms with Crippen molar-refractivity contribution in [2.45, 2.75) is 12.8 Å². The molecule has 0 aromatic heterocycles. The normalized spacial score (nSPS) is 15.7. The number of methoxy groups -OCH3 is 1. The Bertz CT molecular complexity index is 744. The maximum absolute atomic E-state index is 11.4. The van der Waals surface area contributed by atoms with E-state index >= 15 is 0 Å². The Morgan fingerprint density at radius 1 is 1.20 bits per heavy atom. The Morgan fingerprint density at radius 3 is 2.80 bits per heavy atom. The van der Waals surface area contributed by atoms with Gasteiger partial charge in [0, 0.05) is 13.0 Å². The van der Waals surface area contributed by atoms with Crippen molar-refractivity contribution in [2.75, 3.05) is 27.4 Å². The average molecular weight is 341 g/mol. The second-order valence-electron chi connectivity index (χ2n) is 6.10. The van der Waals surface area contributed by atoms with E-state index in [9.17, 15) is 4.79 Å². The zero-order valence-corrected chi connectivity index (χ0v) is 14.6. The van der Waals surface area contributed by atoms with Gasteiger partial charge < -0.3 is 19.5 Å². The number of carbonyl (C=O) groups is 1. The van der Waals surface area contributed by atoms with E-state index in [2.05, 4.69) is 11.4 Å². The second-order valence-corrected chi connectivity index (χ2v) is 6.10.